The van der Waals surface area contributed by atoms with Gasteiger partial charge in [-0.2, -0.15) is 4.31 Å². The Morgan fingerprint density at radius 2 is 1.52 bits per heavy atom. The second-order valence-electron chi connectivity index (χ2n) is 6.87. The molecule has 0 aliphatic carbocycles. The number of benzene rings is 2. The number of hydrogen-bond donors (Lipinski definition) is 1. The lowest BCUT2D eigenvalue weighted by atomic mass is 10.2. The summed E-state index contributed by atoms with van der Waals surface area (Å²) in [6.07, 6.45) is 2.71. The van der Waals surface area contributed by atoms with Crippen molar-refractivity contribution in [1.29, 1.82) is 0 Å². The molecule has 1 aliphatic heterocycles. The van der Waals surface area contributed by atoms with Gasteiger partial charge in [-0.25, -0.2) is 16.8 Å². The molecule has 1 aliphatic rings. The zero-order valence-corrected chi connectivity index (χ0v) is 19.6. The third kappa shape index (κ3) is 5.26. The minimum atomic E-state index is -3.85. The third-order valence-electron chi connectivity index (χ3n) is 4.74. The molecule has 1 saturated heterocycles. The van der Waals surface area contributed by atoms with Gasteiger partial charge >= 0.3 is 0 Å². The van der Waals surface area contributed by atoms with E-state index >= 15 is 0 Å². The number of piperidine rings is 1. The Kier molecular flexibility index (Phi) is 6.63. The number of nitrogens with one attached hydrogen (secondary N) is 1. The molecule has 0 unspecified atom stereocenters. The fourth-order valence-corrected chi connectivity index (χ4v) is 7.18. The van der Waals surface area contributed by atoms with Gasteiger partial charge in [0.1, 0.15) is 5.51 Å². The maximum Gasteiger partial charge on any atom is 0.261 e. The van der Waals surface area contributed by atoms with Crippen LogP contribution in [0.2, 0.25) is 0 Å². The van der Waals surface area contributed by atoms with E-state index in [9.17, 15) is 16.8 Å². The Balaban J connectivity index is 1.46. The van der Waals surface area contributed by atoms with Gasteiger partial charge in [0.2, 0.25) is 10.0 Å². The van der Waals surface area contributed by atoms with Gasteiger partial charge in [-0.05, 0) is 61.4 Å². The van der Waals surface area contributed by atoms with Crippen molar-refractivity contribution in [2.24, 2.45) is 0 Å². The molecule has 1 aromatic heterocycles. The van der Waals surface area contributed by atoms with Crippen LogP contribution in [-0.4, -0.2) is 44.4 Å². The largest absolute Gasteiger partial charge is 0.280 e. The maximum absolute atomic E-state index is 12.7. The zero-order valence-electron chi connectivity index (χ0n) is 16.3. The van der Waals surface area contributed by atoms with Crippen LogP contribution >= 0.6 is 23.1 Å². The zero-order chi connectivity index (χ0) is 21.9. The van der Waals surface area contributed by atoms with Crippen LogP contribution in [0.15, 0.2) is 73.1 Å². The summed E-state index contributed by atoms with van der Waals surface area (Å²) in [6, 6.07) is 12.2. The van der Waals surface area contributed by atoms with E-state index < -0.39 is 20.0 Å². The van der Waals surface area contributed by atoms with E-state index in [1.807, 2.05) is 0 Å². The lowest BCUT2D eigenvalue weighted by molar-refractivity contribution is 0.346. The van der Waals surface area contributed by atoms with Crippen LogP contribution in [0.5, 0.6) is 0 Å². The lowest BCUT2D eigenvalue weighted by Gasteiger charge is -2.25. The topological polar surface area (TPSA) is 109 Å². The highest BCUT2D eigenvalue weighted by molar-refractivity contribution is 8.01. The quantitative estimate of drug-likeness (QED) is 0.531. The summed E-state index contributed by atoms with van der Waals surface area (Å²) >= 11 is 2.86. The highest BCUT2D eigenvalue weighted by Gasteiger charge is 2.26. The lowest BCUT2D eigenvalue weighted by Crippen LogP contribution is -2.35. The summed E-state index contributed by atoms with van der Waals surface area (Å²) in [5.41, 5.74) is 2.06. The number of rotatable bonds is 7. The van der Waals surface area contributed by atoms with Crippen LogP contribution in [0.1, 0.15) is 19.3 Å². The molecule has 2 aromatic carbocycles. The standard InChI is InChI=1S/C19H20N4O4S4/c24-30(25,22-15-4-6-16(7-5-15)29-19-21-20-14-28-19)17-8-10-18(11-9-17)31(26,27)23-12-2-1-3-13-23/h4-11,14,22H,1-3,12-13H2. The second kappa shape index (κ2) is 9.25. The molecule has 2 heterocycles. The molecule has 0 radical (unpaired) electrons. The SMILES string of the molecule is O=S(=O)(Nc1ccc(Sc2nncs2)cc1)c1ccc(S(=O)(=O)N2CCCCC2)cc1. The van der Waals surface area contributed by atoms with E-state index in [-0.39, 0.29) is 9.79 Å². The van der Waals surface area contributed by atoms with Gasteiger partial charge < -0.3 is 0 Å². The highest BCUT2D eigenvalue weighted by Crippen LogP contribution is 2.30. The molecule has 0 saturated carbocycles. The molecular weight excluding hydrogens is 477 g/mol. The van der Waals surface area contributed by atoms with Gasteiger partial charge in [-0.1, -0.05) is 29.5 Å². The summed E-state index contributed by atoms with van der Waals surface area (Å²) < 4.78 is 55.7. The Morgan fingerprint density at radius 3 is 2.13 bits per heavy atom. The Morgan fingerprint density at radius 1 is 0.871 bits per heavy atom. The minimum absolute atomic E-state index is 0.00240. The summed E-state index contributed by atoms with van der Waals surface area (Å²) in [5, 5.41) is 7.74. The number of hydrogen-bond acceptors (Lipinski definition) is 8. The summed E-state index contributed by atoms with van der Waals surface area (Å²) in [5.74, 6) is 0. The first-order valence-electron chi connectivity index (χ1n) is 9.52. The van der Waals surface area contributed by atoms with Crippen molar-refractivity contribution >= 4 is 48.8 Å². The van der Waals surface area contributed by atoms with Crippen LogP contribution in [-0.2, 0) is 20.0 Å². The van der Waals surface area contributed by atoms with Crippen LogP contribution < -0.4 is 4.72 Å². The predicted molar refractivity (Wildman–Crippen MR) is 120 cm³/mol. The van der Waals surface area contributed by atoms with Crippen molar-refractivity contribution in [2.75, 3.05) is 17.8 Å². The van der Waals surface area contributed by atoms with E-state index in [0.717, 1.165) is 28.5 Å². The minimum Gasteiger partial charge on any atom is -0.280 e. The third-order valence-corrected chi connectivity index (χ3v) is 9.83. The van der Waals surface area contributed by atoms with Crippen molar-refractivity contribution in [3.05, 3.63) is 54.0 Å². The maximum atomic E-state index is 12.7. The van der Waals surface area contributed by atoms with Crippen molar-refractivity contribution in [1.82, 2.24) is 14.5 Å². The van der Waals surface area contributed by atoms with Gasteiger partial charge in [0, 0.05) is 23.7 Å². The summed E-state index contributed by atoms with van der Waals surface area (Å²) in [4.78, 5) is 1.01. The van der Waals surface area contributed by atoms with Crippen molar-refractivity contribution < 1.29 is 16.8 Å². The number of aromatic nitrogens is 2. The van der Waals surface area contributed by atoms with E-state index in [1.54, 1.807) is 29.8 Å². The summed E-state index contributed by atoms with van der Waals surface area (Å²) in [6.45, 7) is 0.995. The molecule has 0 amide bonds. The monoisotopic (exact) mass is 496 g/mol. The Hall–Kier alpha value is -1.99. The number of anilines is 1. The molecule has 0 bridgehead atoms. The molecule has 1 fully saturated rings. The average Bonchev–Trinajstić information content (AvgIpc) is 3.29. The number of sulfonamides is 2. The van der Waals surface area contributed by atoms with E-state index in [4.69, 9.17) is 0 Å². The molecule has 12 heteroatoms. The first-order chi connectivity index (χ1) is 14.8. The fraction of sp³-hybridized carbons (Fsp3) is 0.263. The van der Waals surface area contributed by atoms with Crippen molar-refractivity contribution in [3.8, 4) is 0 Å². The Bertz CT molecular complexity index is 1220. The van der Waals surface area contributed by atoms with Crippen LogP contribution in [0.3, 0.4) is 0 Å². The van der Waals surface area contributed by atoms with Gasteiger partial charge in [0.05, 0.1) is 9.79 Å². The van der Waals surface area contributed by atoms with Crippen molar-refractivity contribution in [2.45, 2.75) is 38.3 Å². The normalized spacial score (nSPS) is 15.6. The Labute approximate surface area is 189 Å². The van der Waals surface area contributed by atoms with Gasteiger partial charge in [0.25, 0.3) is 10.0 Å². The molecule has 4 rings (SSSR count). The van der Waals surface area contributed by atoms with Crippen LogP contribution in [0.25, 0.3) is 0 Å². The van der Waals surface area contributed by atoms with Gasteiger partial charge in [-0.15, -0.1) is 10.2 Å². The predicted octanol–water partition coefficient (Wildman–Crippen LogP) is 3.66. The van der Waals surface area contributed by atoms with Crippen LogP contribution in [0, 0.1) is 0 Å². The first kappa shape index (κ1) is 22.2. The molecule has 164 valence electrons. The van der Waals surface area contributed by atoms with Crippen molar-refractivity contribution in [3.63, 3.8) is 0 Å². The van der Waals surface area contributed by atoms with E-state index in [2.05, 4.69) is 14.9 Å². The van der Waals surface area contributed by atoms with Gasteiger partial charge in [0.15, 0.2) is 4.34 Å². The second-order valence-corrected chi connectivity index (χ2v) is 12.6. The molecule has 3 aromatic rings. The molecule has 0 atom stereocenters. The molecular formula is C19H20N4O4S4. The number of nitrogens with zero attached hydrogens (tertiary/aromatic N) is 3. The molecule has 8 nitrogen and oxygen atoms in total. The average molecular weight is 497 g/mol. The van der Waals surface area contributed by atoms with Gasteiger partial charge in [-0.3, -0.25) is 4.72 Å². The fourth-order valence-electron chi connectivity index (χ4n) is 3.16. The molecule has 1 N–H and O–H groups in total. The molecule has 31 heavy (non-hydrogen) atoms. The van der Waals surface area contributed by atoms with E-state index in [1.165, 1.54) is 51.7 Å². The van der Waals surface area contributed by atoms with Crippen LogP contribution in [0.4, 0.5) is 5.69 Å². The van der Waals surface area contributed by atoms with E-state index in [0.29, 0.717) is 18.8 Å². The smallest absolute Gasteiger partial charge is 0.261 e. The highest BCUT2D eigenvalue weighted by atomic mass is 32.2. The first-order valence-corrected chi connectivity index (χ1v) is 14.1. The summed E-state index contributed by atoms with van der Waals surface area (Å²) in [7, 11) is -7.45. The molecule has 0 spiro atoms.